The molecule has 0 bridgehead atoms. The Hall–Kier alpha value is -3.16. The molecule has 0 amide bonds. The van der Waals surface area contributed by atoms with Crippen LogP contribution in [0.1, 0.15) is 12.2 Å². The minimum Gasteiger partial charge on any atom is -0.481 e. The van der Waals surface area contributed by atoms with Gasteiger partial charge in [-0.15, -0.1) is 15.3 Å². The number of carboxylic acids is 1. The number of nitrogens with zero attached hydrogens (tertiary/aromatic N) is 6. The third kappa shape index (κ3) is 3.30. The average molecular weight is 352 g/mol. The van der Waals surface area contributed by atoms with Crippen LogP contribution in [-0.4, -0.2) is 57.1 Å². The Kier molecular flexibility index (Phi) is 4.39. The molecule has 0 atom stereocenters. The van der Waals surface area contributed by atoms with E-state index in [1.807, 2.05) is 18.2 Å². The summed E-state index contributed by atoms with van der Waals surface area (Å²) in [6.45, 7) is 3.61. The van der Waals surface area contributed by atoms with Crippen LogP contribution >= 0.6 is 0 Å². The van der Waals surface area contributed by atoms with Gasteiger partial charge >= 0.3 is 5.97 Å². The van der Waals surface area contributed by atoms with Gasteiger partial charge in [-0.1, -0.05) is 18.2 Å². The number of piperazine rings is 1. The highest BCUT2D eigenvalue weighted by atomic mass is 16.4. The van der Waals surface area contributed by atoms with Gasteiger partial charge in [0.1, 0.15) is 5.82 Å². The quantitative estimate of drug-likeness (QED) is 0.744. The van der Waals surface area contributed by atoms with Crippen LogP contribution in [-0.2, 0) is 11.2 Å². The zero-order valence-electron chi connectivity index (χ0n) is 14.3. The van der Waals surface area contributed by atoms with Gasteiger partial charge in [-0.05, 0) is 24.3 Å². The van der Waals surface area contributed by atoms with Crippen molar-refractivity contribution >= 4 is 23.1 Å². The van der Waals surface area contributed by atoms with Gasteiger partial charge in [0.2, 0.25) is 0 Å². The predicted molar refractivity (Wildman–Crippen MR) is 97.6 cm³/mol. The van der Waals surface area contributed by atoms with Crippen molar-refractivity contribution in [2.75, 3.05) is 36.0 Å². The first-order valence-corrected chi connectivity index (χ1v) is 8.69. The van der Waals surface area contributed by atoms with Gasteiger partial charge in [-0.25, -0.2) is 0 Å². The van der Waals surface area contributed by atoms with E-state index in [9.17, 15) is 4.79 Å². The molecule has 2 aromatic heterocycles. The first-order valence-electron chi connectivity index (χ1n) is 8.69. The second kappa shape index (κ2) is 6.99. The lowest BCUT2D eigenvalue weighted by molar-refractivity contribution is -0.137. The predicted octanol–water partition coefficient (Wildman–Crippen LogP) is 1.47. The largest absolute Gasteiger partial charge is 0.481 e. The maximum atomic E-state index is 10.8. The number of hydrogen-bond acceptors (Lipinski definition) is 6. The minimum absolute atomic E-state index is 0.0163. The molecule has 1 saturated heterocycles. The number of carbonyl (C=O) groups is 1. The molecule has 1 N–H and O–H groups in total. The molecule has 8 nitrogen and oxygen atoms in total. The zero-order chi connectivity index (χ0) is 17.9. The molecule has 3 aromatic rings. The molecule has 1 aliphatic heterocycles. The van der Waals surface area contributed by atoms with Crippen molar-refractivity contribution < 1.29 is 9.90 Å². The molecule has 8 heteroatoms. The first kappa shape index (κ1) is 16.3. The molecule has 1 fully saturated rings. The van der Waals surface area contributed by atoms with E-state index >= 15 is 0 Å². The van der Waals surface area contributed by atoms with Crippen molar-refractivity contribution in [2.24, 2.45) is 0 Å². The van der Waals surface area contributed by atoms with Crippen molar-refractivity contribution in [3.63, 3.8) is 0 Å². The number of aromatic nitrogens is 4. The zero-order valence-corrected chi connectivity index (χ0v) is 14.3. The smallest absolute Gasteiger partial charge is 0.303 e. The minimum atomic E-state index is -0.852. The Balaban J connectivity index is 1.49. The van der Waals surface area contributed by atoms with Crippen LogP contribution in [0.15, 0.2) is 42.5 Å². The van der Waals surface area contributed by atoms with Crippen molar-refractivity contribution in [3.8, 4) is 0 Å². The standard InChI is InChI=1S/C18H20N6O2/c25-18(26)9-8-16-20-19-15-6-7-17(21-24(15)16)23-12-10-22(11-13-23)14-4-2-1-3-5-14/h1-7H,8-13H2,(H,25,26). The van der Waals surface area contributed by atoms with Gasteiger partial charge in [0, 0.05) is 38.3 Å². The van der Waals surface area contributed by atoms with Crippen molar-refractivity contribution in [2.45, 2.75) is 12.8 Å². The monoisotopic (exact) mass is 352 g/mol. The van der Waals surface area contributed by atoms with Gasteiger partial charge in [0.25, 0.3) is 0 Å². The summed E-state index contributed by atoms with van der Waals surface area (Å²) in [6, 6.07) is 14.2. The molecule has 1 aliphatic rings. The normalized spacial score (nSPS) is 14.8. The van der Waals surface area contributed by atoms with E-state index in [4.69, 9.17) is 5.11 Å². The number of hydrogen-bond donors (Lipinski definition) is 1. The highest BCUT2D eigenvalue weighted by Gasteiger charge is 2.19. The maximum Gasteiger partial charge on any atom is 0.303 e. The van der Waals surface area contributed by atoms with Gasteiger partial charge in [-0.2, -0.15) is 4.52 Å². The number of rotatable bonds is 5. The number of carboxylic acid groups (broad SMARTS) is 1. The third-order valence-electron chi connectivity index (χ3n) is 4.60. The Morgan fingerprint density at radius 3 is 2.42 bits per heavy atom. The molecular weight excluding hydrogens is 332 g/mol. The van der Waals surface area contributed by atoms with Gasteiger partial charge < -0.3 is 14.9 Å². The number of benzene rings is 1. The lowest BCUT2D eigenvalue weighted by Crippen LogP contribution is -2.47. The van der Waals surface area contributed by atoms with Crippen molar-refractivity contribution in [1.29, 1.82) is 0 Å². The molecule has 0 unspecified atom stereocenters. The molecule has 0 spiro atoms. The van der Waals surface area contributed by atoms with E-state index in [0.29, 0.717) is 17.9 Å². The molecule has 0 aliphatic carbocycles. The molecule has 134 valence electrons. The summed E-state index contributed by atoms with van der Waals surface area (Å²) in [7, 11) is 0. The Bertz CT molecular complexity index is 902. The van der Waals surface area contributed by atoms with Crippen LogP contribution in [0, 0.1) is 0 Å². The van der Waals surface area contributed by atoms with E-state index in [2.05, 4.69) is 49.4 Å². The highest BCUT2D eigenvalue weighted by molar-refractivity contribution is 5.67. The highest BCUT2D eigenvalue weighted by Crippen LogP contribution is 2.19. The molecular formula is C18H20N6O2. The van der Waals surface area contributed by atoms with Crippen molar-refractivity contribution in [3.05, 3.63) is 48.3 Å². The Morgan fingerprint density at radius 2 is 1.69 bits per heavy atom. The van der Waals surface area contributed by atoms with Gasteiger partial charge in [0.15, 0.2) is 11.5 Å². The number of aryl methyl sites for hydroxylation is 1. The second-order valence-corrected chi connectivity index (χ2v) is 6.28. The summed E-state index contributed by atoms with van der Waals surface area (Å²) in [4.78, 5) is 15.4. The van der Waals surface area contributed by atoms with Crippen molar-refractivity contribution in [1.82, 2.24) is 19.8 Å². The number of para-hydroxylation sites is 1. The van der Waals surface area contributed by atoms with E-state index in [-0.39, 0.29) is 6.42 Å². The number of aliphatic carboxylic acids is 1. The SMILES string of the molecule is O=C(O)CCc1nnc2ccc(N3CCN(c4ccccc4)CC3)nn12. The molecule has 0 radical (unpaired) electrons. The van der Waals surface area contributed by atoms with Crippen LogP contribution in [0.3, 0.4) is 0 Å². The summed E-state index contributed by atoms with van der Waals surface area (Å²) >= 11 is 0. The number of fused-ring (bicyclic) bond motifs is 1. The fraction of sp³-hybridized carbons (Fsp3) is 0.333. The van der Waals surface area contributed by atoms with Crippen LogP contribution in [0.4, 0.5) is 11.5 Å². The van der Waals surface area contributed by atoms with Crippen LogP contribution in [0.2, 0.25) is 0 Å². The van der Waals surface area contributed by atoms with E-state index in [1.54, 1.807) is 4.52 Å². The van der Waals surface area contributed by atoms with E-state index < -0.39 is 5.97 Å². The topological polar surface area (TPSA) is 86.9 Å². The van der Waals surface area contributed by atoms with Crippen LogP contribution in [0.25, 0.3) is 5.65 Å². The first-order chi connectivity index (χ1) is 12.7. The molecule has 26 heavy (non-hydrogen) atoms. The number of anilines is 2. The lowest BCUT2D eigenvalue weighted by Gasteiger charge is -2.36. The van der Waals surface area contributed by atoms with Crippen LogP contribution < -0.4 is 9.80 Å². The summed E-state index contributed by atoms with van der Waals surface area (Å²) in [5.74, 6) is 0.587. The third-order valence-corrected chi connectivity index (χ3v) is 4.60. The summed E-state index contributed by atoms with van der Waals surface area (Å²) < 4.78 is 1.65. The fourth-order valence-electron chi connectivity index (χ4n) is 3.20. The summed E-state index contributed by atoms with van der Waals surface area (Å²) in [5, 5.41) is 21.6. The Morgan fingerprint density at radius 1 is 0.962 bits per heavy atom. The summed E-state index contributed by atoms with van der Waals surface area (Å²) in [6.07, 6.45) is 0.331. The van der Waals surface area contributed by atoms with E-state index in [1.165, 1.54) is 5.69 Å². The van der Waals surface area contributed by atoms with Crippen LogP contribution in [0.5, 0.6) is 0 Å². The fourth-order valence-corrected chi connectivity index (χ4v) is 3.20. The average Bonchev–Trinajstić information content (AvgIpc) is 3.09. The summed E-state index contributed by atoms with van der Waals surface area (Å²) in [5.41, 5.74) is 1.88. The van der Waals surface area contributed by atoms with Gasteiger partial charge in [0.05, 0.1) is 6.42 Å². The maximum absolute atomic E-state index is 10.8. The molecule has 0 saturated carbocycles. The van der Waals surface area contributed by atoms with E-state index in [0.717, 1.165) is 32.0 Å². The Labute approximate surface area is 150 Å². The molecule has 4 rings (SSSR count). The molecule has 3 heterocycles. The molecule has 1 aromatic carbocycles. The van der Waals surface area contributed by atoms with Gasteiger partial charge in [-0.3, -0.25) is 4.79 Å². The second-order valence-electron chi connectivity index (χ2n) is 6.28. The lowest BCUT2D eigenvalue weighted by atomic mass is 10.2.